The van der Waals surface area contributed by atoms with Crippen LogP contribution in [0, 0.1) is 0 Å². The fourth-order valence-corrected chi connectivity index (χ4v) is 3.77. The van der Waals surface area contributed by atoms with E-state index in [9.17, 15) is 13.2 Å². The maximum Gasteiger partial charge on any atom is 0.248 e. The Bertz CT molecular complexity index is 901. The number of carbonyl (C=O) groups excluding carboxylic acids is 1. The summed E-state index contributed by atoms with van der Waals surface area (Å²) in [4.78, 5) is 14.5. The molecule has 0 spiro atoms. The van der Waals surface area contributed by atoms with Crippen molar-refractivity contribution in [3.63, 3.8) is 0 Å². The first-order valence-electron chi connectivity index (χ1n) is 9.33. The van der Waals surface area contributed by atoms with Crippen molar-refractivity contribution in [2.45, 2.75) is 25.7 Å². The molecule has 0 saturated heterocycles. The van der Waals surface area contributed by atoms with Crippen LogP contribution < -0.4 is 14.9 Å². The molecule has 0 aliphatic heterocycles. The van der Waals surface area contributed by atoms with Crippen LogP contribution in [0.3, 0.4) is 0 Å². The molecule has 0 radical (unpaired) electrons. The van der Waals surface area contributed by atoms with E-state index in [-0.39, 0.29) is 10.8 Å². The normalized spacial score (nSPS) is 11.5. The third-order valence-electron chi connectivity index (χ3n) is 4.22. The van der Waals surface area contributed by atoms with Crippen LogP contribution >= 0.6 is 0 Å². The van der Waals surface area contributed by atoms with Gasteiger partial charge in [0.05, 0.1) is 4.90 Å². The smallest absolute Gasteiger partial charge is 0.248 e. The molecule has 0 bridgehead atoms. The molecule has 2 rings (SSSR count). The van der Waals surface area contributed by atoms with E-state index in [1.54, 1.807) is 25.1 Å². The second kappa shape index (κ2) is 10.1. The second-order valence-corrected chi connectivity index (χ2v) is 7.88. The lowest BCUT2D eigenvalue weighted by Crippen LogP contribution is -2.22. The maximum atomic E-state index is 12.1. The van der Waals surface area contributed by atoms with Crippen molar-refractivity contribution in [3.8, 4) is 0 Å². The highest BCUT2D eigenvalue weighted by atomic mass is 32.2. The molecule has 0 atom stereocenters. The third kappa shape index (κ3) is 5.94. The van der Waals surface area contributed by atoms with Crippen LogP contribution in [0.15, 0.2) is 59.5 Å². The number of benzene rings is 2. The lowest BCUT2D eigenvalue weighted by Gasteiger charge is -2.21. The van der Waals surface area contributed by atoms with Gasteiger partial charge in [0.25, 0.3) is 0 Å². The highest BCUT2D eigenvalue weighted by Gasteiger charge is 2.11. The van der Waals surface area contributed by atoms with Crippen molar-refractivity contribution in [3.05, 3.63) is 60.2 Å². The van der Waals surface area contributed by atoms with Crippen LogP contribution in [0.2, 0.25) is 0 Å². The number of hydrogen-bond acceptors (Lipinski definition) is 4. The topological polar surface area (TPSA) is 78.5 Å². The molecule has 0 fully saturated rings. The zero-order valence-corrected chi connectivity index (χ0v) is 17.3. The molecule has 0 unspecified atom stereocenters. The lowest BCUT2D eigenvalue weighted by molar-refractivity contribution is -0.111. The predicted molar refractivity (Wildman–Crippen MR) is 115 cm³/mol. The van der Waals surface area contributed by atoms with E-state index in [4.69, 9.17) is 0 Å². The minimum atomic E-state index is -3.47. The minimum absolute atomic E-state index is 0.198. The Hall–Kier alpha value is -2.64. The summed E-state index contributed by atoms with van der Waals surface area (Å²) >= 11 is 0. The average Bonchev–Trinajstić information content (AvgIpc) is 2.69. The Morgan fingerprint density at radius 1 is 0.964 bits per heavy atom. The fraction of sp³-hybridized carbons (Fsp3) is 0.286. The summed E-state index contributed by atoms with van der Waals surface area (Å²) in [6, 6.07) is 14.1. The van der Waals surface area contributed by atoms with Crippen molar-refractivity contribution in [2.75, 3.05) is 29.9 Å². The molecule has 1 amide bonds. The Kier molecular flexibility index (Phi) is 7.78. The van der Waals surface area contributed by atoms with Crippen LogP contribution in [-0.2, 0) is 14.8 Å². The van der Waals surface area contributed by atoms with Gasteiger partial charge in [-0.25, -0.2) is 13.1 Å². The van der Waals surface area contributed by atoms with E-state index in [0.717, 1.165) is 30.0 Å². The zero-order valence-electron chi connectivity index (χ0n) is 16.5. The van der Waals surface area contributed by atoms with Crippen molar-refractivity contribution < 1.29 is 13.2 Å². The van der Waals surface area contributed by atoms with Gasteiger partial charge in [0.15, 0.2) is 0 Å². The molecule has 2 aromatic carbocycles. The molecule has 0 heterocycles. The van der Waals surface area contributed by atoms with Crippen LogP contribution in [0.1, 0.15) is 26.3 Å². The molecule has 7 heteroatoms. The number of hydrogen-bond donors (Lipinski definition) is 2. The standard InChI is InChI=1S/C21H27N3O3S/c1-4-22-28(26,27)20-14-7-17(8-15-20)9-16-21(25)23-18-10-12-19(13-11-18)24(5-2)6-3/h7-16,22H,4-6H2,1-3H3,(H,23,25)/b16-9+. The molecule has 0 saturated carbocycles. The molecular weight excluding hydrogens is 374 g/mol. The highest BCUT2D eigenvalue weighted by molar-refractivity contribution is 7.89. The quantitative estimate of drug-likeness (QED) is 0.631. The van der Waals surface area contributed by atoms with E-state index in [2.05, 4.69) is 28.8 Å². The van der Waals surface area contributed by atoms with E-state index in [0.29, 0.717) is 6.54 Å². The SMILES string of the molecule is CCNS(=O)(=O)c1ccc(/C=C/C(=O)Nc2ccc(N(CC)CC)cc2)cc1. The second-order valence-electron chi connectivity index (χ2n) is 6.11. The summed E-state index contributed by atoms with van der Waals surface area (Å²) in [6.45, 7) is 8.13. The largest absolute Gasteiger partial charge is 0.372 e. The van der Waals surface area contributed by atoms with Gasteiger partial charge in [-0.3, -0.25) is 4.79 Å². The molecule has 6 nitrogen and oxygen atoms in total. The number of rotatable bonds is 9. The van der Waals surface area contributed by atoms with Crippen molar-refractivity contribution in [2.24, 2.45) is 0 Å². The molecule has 28 heavy (non-hydrogen) atoms. The lowest BCUT2D eigenvalue weighted by atomic mass is 10.2. The van der Waals surface area contributed by atoms with E-state index in [1.807, 2.05) is 24.3 Å². The first-order valence-corrected chi connectivity index (χ1v) is 10.8. The highest BCUT2D eigenvalue weighted by Crippen LogP contribution is 2.18. The molecular formula is C21H27N3O3S. The number of nitrogens with one attached hydrogen (secondary N) is 2. The van der Waals surface area contributed by atoms with Gasteiger partial charge in [0.2, 0.25) is 15.9 Å². The van der Waals surface area contributed by atoms with Crippen LogP contribution in [0.25, 0.3) is 6.08 Å². The first-order chi connectivity index (χ1) is 13.4. The number of sulfonamides is 1. The van der Waals surface area contributed by atoms with Crippen molar-refractivity contribution in [1.82, 2.24) is 4.72 Å². The Morgan fingerprint density at radius 2 is 1.57 bits per heavy atom. The van der Waals surface area contributed by atoms with Gasteiger partial charge >= 0.3 is 0 Å². The zero-order chi connectivity index (χ0) is 20.6. The summed E-state index contributed by atoms with van der Waals surface area (Å²) in [6.07, 6.45) is 3.06. The van der Waals surface area contributed by atoms with Gasteiger partial charge in [-0.15, -0.1) is 0 Å². The molecule has 0 aliphatic carbocycles. The van der Waals surface area contributed by atoms with Crippen molar-refractivity contribution in [1.29, 1.82) is 0 Å². The Morgan fingerprint density at radius 3 is 2.11 bits per heavy atom. The molecule has 2 aromatic rings. The van der Waals surface area contributed by atoms with Crippen LogP contribution in [0.4, 0.5) is 11.4 Å². The third-order valence-corrected chi connectivity index (χ3v) is 5.78. The summed E-state index contributed by atoms with van der Waals surface area (Å²) in [7, 11) is -3.47. The number of nitrogens with zero attached hydrogens (tertiary/aromatic N) is 1. The Labute approximate surface area is 167 Å². The summed E-state index contributed by atoms with van der Waals surface area (Å²) in [5, 5.41) is 2.82. The van der Waals surface area contributed by atoms with Gasteiger partial charge in [-0.2, -0.15) is 0 Å². The van der Waals surface area contributed by atoms with Gasteiger partial charge in [0.1, 0.15) is 0 Å². The molecule has 0 aromatic heterocycles. The fourth-order valence-electron chi connectivity index (χ4n) is 2.73. The van der Waals surface area contributed by atoms with E-state index < -0.39 is 10.0 Å². The average molecular weight is 402 g/mol. The number of anilines is 2. The van der Waals surface area contributed by atoms with Crippen molar-refractivity contribution >= 4 is 33.4 Å². The van der Waals surface area contributed by atoms with Crippen LogP contribution in [0.5, 0.6) is 0 Å². The summed E-state index contributed by atoms with van der Waals surface area (Å²) in [5.74, 6) is -0.250. The van der Waals surface area contributed by atoms with Gasteiger partial charge in [-0.1, -0.05) is 19.1 Å². The molecule has 150 valence electrons. The first kappa shape index (κ1) is 21.7. The van der Waals surface area contributed by atoms with Gasteiger partial charge in [-0.05, 0) is 61.9 Å². The van der Waals surface area contributed by atoms with Crippen LogP contribution in [-0.4, -0.2) is 34.0 Å². The molecule has 2 N–H and O–H groups in total. The monoisotopic (exact) mass is 401 g/mol. The van der Waals surface area contributed by atoms with E-state index >= 15 is 0 Å². The Balaban J connectivity index is 1.98. The predicted octanol–water partition coefficient (Wildman–Crippen LogP) is 3.48. The minimum Gasteiger partial charge on any atom is -0.372 e. The summed E-state index contributed by atoms with van der Waals surface area (Å²) in [5.41, 5.74) is 2.58. The number of carbonyl (C=O) groups is 1. The van der Waals surface area contributed by atoms with Gasteiger partial charge < -0.3 is 10.2 Å². The summed E-state index contributed by atoms with van der Waals surface area (Å²) < 4.78 is 26.3. The van der Waals surface area contributed by atoms with E-state index in [1.165, 1.54) is 18.2 Å². The van der Waals surface area contributed by atoms with Gasteiger partial charge in [0, 0.05) is 37.1 Å². The molecule has 0 aliphatic rings. The maximum absolute atomic E-state index is 12.1. The number of amides is 1.